The van der Waals surface area contributed by atoms with Gasteiger partial charge in [-0.2, -0.15) is 0 Å². The third-order valence-corrected chi connectivity index (χ3v) is 4.98. The van der Waals surface area contributed by atoms with Crippen molar-refractivity contribution in [3.05, 3.63) is 54.4 Å². The lowest BCUT2D eigenvalue weighted by Gasteiger charge is -2.07. The van der Waals surface area contributed by atoms with Crippen LogP contribution < -0.4 is 16.8 Å². The molecule has 2 heterocycles. The number of rotatable bonds is 5. The number of hydrogen-bond donors (Lipinski definition) is 4. The zero-order valence-corrected chi connectivity index (χ0v) is 15.5. The van der Waals surface area contributed by atoms with Crippen molar-refractivity contribution in [1.82, 2.24) is 19.9 Å². The Labute approximate surface area is 166 Å². The number of nitrogen functional groups attached to an aromatic ring is 1. The van der Waals surface area contributed by atoms with Crippen LogP contribution in [-0.4, -0.2) is 31.9 Å². The maximum atomic E-state index is 11.4. The summed E-state index contributed by atoms with van der Waals surface area (Å²) in [7, 11) is 0. The van der Waals surface area contributed by atoms with E-state index >= 15 is 0 Å². The Hall–Kier alpha value is -3.94. The summed E-state index contributed by atoms with van der Waals surface area (Å²) in [5.74, 6) is 0.777. The predicted octanol–water partition coefficient (Wildman–Crippen LogP) is 2.94. The number of para-hydroxylation sites is 1. The second kappa shape index (κ2) is 6.59. The fourth-order valence-corrected chi connectivity index (χ4v) is 3.29. The Balaban J connectivity index is 1.52. The summed E-state index contributed by atoms with van der Waals surface area (Å²) in [5.41, 5.74) is 16.2. The molecule has 6 N–H and O–H groups in total. The number of aromatic amines is 1. The van der Waals surface area contributed by atoms with Crippen LogP contribution in [0.3, 0.4) is 0 Å². The number of nitrogens with zero attached hydrogens (tertiary/aromatic N) is 3. The lowest BCUT2D eigenvalue weighted by Crippen LogP contribution is -2.13. The quantitative estimate of drug-likeness (QED) is 0.390. The molecule has 8 nitrogen and oxygen atoms in total. The first kappa shape index (κ1) is 17.2. The Morgan fingerprint density at radius 1 is 1.10 bits per heavy atom. The van der Waals surface area contributed by atoms with E-state index in [4.69, 9.17) is 16.5 Å². The van der Waals surface area contributed by atoms with E-state index in [-0.39, 0.29) is 0 Å². The highest BCUT2D eigenvalue weighted by Crippen LogP contribution is 2.31. The average molecular weight is 385 g/mol. The molecule has 0 bridgehead atoms. The molecule has 29 heavy (non-hydrogen) atoms. The van der Waals surface area contributed by atoms with E-state index < -0.39 is 5.91 Å². The van der Waals surface area contributed by atoms with Gasteiger partial charge in [0, 0.05) is 29.7 Å². The van der Waals surface area contributed by atoms with Crippen LogP contribution in [0.15, 0.2) is 48.8 Å². The summed E-state index contributed by atoms with van der Waals surface area (Å²) in [6, 6.07) is 11.6. The minimum absolute atomic E-state index is 0.306. The molecule has 2 aromatic carbocycles. The van der Waals surface area contributed by atoms with Crippen LogP contribution in [0.25, 0.3) is 33.5 Å². The Morgan fingerprint density at radius 3 is 2.59 bits per heavy atom. The van der Waals surface area contributed by atoms with Crippen LogP contribution >= 0.6 is 0 Å². The number of fused-ring (bicyclic) bond motifs is 1. The third-order valence-electron chi connectivity index (χ3n) is 4.98. The highest BCUT2D eigenvalue weighted by Gasteiger charge is 2.21. The molecule has 0 unspecified atom stereocenters. The van der Waals surface area contributed by atoms with Gasteiger partial charge in [0.05, 0.1) is 22.2 Å². The summed E-state index contributed by atoms with van der Waals surface area (Å²) in [6.07, 6.45) is 5.86. The van der Waals surface area contributed by atoms with E-state index in [1.54, 1.807) is 24.5 Å². The van der Waals surface area contributed by atoms with Crippen molar-refractivity contribution in [2.75, 3.05) is 11.1 Å². The van der Waals surface area contributed by atoms with Crippen LogP contribution in [-0.2, 0) is 0 Å². The third kappa shape index (κ3) is 3.25. The fraction of sp³-hybridized carbons (Fsp3) is 0.143. The van der Waals surface area contributed by atoms with Gasteiger partial charge in [-0.3, -0.25) is 4.79 Å². The van der Waals surface area contributed by atoms with Gasteiger partial charge in [-0.1, -0.05) is 18.2 Å². The van der Waals surface area contributed by atoms with E-state index in [1.807, 2.05) is 24.3 Å². The minimum atomic E-state index is -0.547. The first-order valence-corrected chi connectivity index (χ1v) is 9.36. The number of amides is 1. The molecule has 1 aliphatic carbocycles. The summed E-state index contributed by atoms with van der Waals surface area (Å²) in [4.78, 5) is 28.3. The van der Waals surface area contributed by atoms with Gasteiger partial charge in [-0.05, 0) is 36.6 Å². The molecular weight excluding hydrogens is 366 g/mol. The van der Waals surface area contributed by atoms with Crippen LogP contribution in [0.4, 0.5) is 11.6 Å². The van der Waals surface area contributed by atoms with Gasteiger partial charge in [0.1, 0.15) is 5.82 Å². The molecule has 1 saturated carbocycles. The highest BCUT2D eigenvalue weighted by molar-refractivity contribution is 6.00. The molecule has 5 rings (SSSR count). The van der Waals surface area contributed by atoms with Gasteiger partial charge in [0.2, 0.25) is 5.95 Å². The molecule has 8 heteroatoms. The van der Waals surface area contributed by atoms with Gasteiger partial charge in [0.25, 0.3) is 5.91 Å². The number of aromatic nitrogens is 4. The maximum Gasteiger partial charge on any atom is 0.250 e. The summed E-state index contributed by atoms with van der Waals surface area (Å²) < 4.78 is 0. The largest absolute Gasteiger partial charge is 0.398 e. The number of nitrogens with one attached hydrogen (secondary N) is 2. The molecule has 0 spiro atoms. The molecule has 0 radical (unpaired) electrons. The van der Waals surface area contributed by atoms with E-state index in [2.05, 4.69) is 20.3 Å². The van der Waals surface area contributed by atoms with Gasteiger partial charge in [-0.15, -0.1) is 0 Å². The monoisotopic (exact) mass is 385 g/mol. The normalized spacial score (nSPS) is 13.5. The van der Waals surface area contributed by atoms with Crippen LogP contribution in [0.5, 0.6) is 0 Å². The molecule has 0 atom stereocenters. The molecule has 0 saturated heterocycles. The minimum Gasteiger partial charge on any atom is -0.398 e. The second-order valence-electron chi connectivity index (χ2n) is 7.17. The van der Waals surface area contributed by atoms with Gasteiger partial charge in [-0.25, -0.2) is 15.0 Å². The van der Waals surface area contributed by atoms with Crippen molar-refractivity contribution in [2.24, 2.45) is 5.73 Å². The van der Waals surface area contributed by atoms with Gasteiger partial charge >= 0.3 is 0 Å². The molecule has 1 aliphatic rings. The SMILES string of the molecule is NC(=O)c1ccc(-c2cccc3[nH]c(-c4cnc(NC5CC5)nc4)nc23)cc1N. The fourth-order valence-electron chi connectivity index (χ4n) is 3.29. The number of carbonyl (C=O) groups excluding carboxylic acids is 1. The Morgan fingerprint density at radius 2 is 1.90 bits per heavy atom. The highest BCUT2D eigenvalue weighted by atomic mass is 16.1. The van der Waals surface area contributed by atoms with E-state index in [9.17, 15) is 4.79 Å². The summed E-state index contributed by atoms with van der Waals surface area (Å²) >= 11 is 0. The van der Waals surface area contributed by atoms with Crippen molar-refractivity contribution >= 4 is 28.6 Å². The van der Waals surface area contributed by atoms with E-state index in [0.29, 0.717) is 29.1 Å². The smallest absolute Gasteiger partial charge is 0.250 e. The average Bonchev–Trinajstić information content (AvgIpc) is 3.42. The van der Waals surface area contributed by atoms with E-state index in [1.165, 1.54) is 12.8 Å². The molecule has 1 fully saturated rings. The summed E-state index contributed by atoms with van der Waals surface area (Å²) in [6.45, 7) is 0. The predicted molar refractivity (Wildman–Crippen MR) is 112 cm³/mol. The van der Waals surface area contributed by atoms with Crippen molar-refractivity contribution in [3.63, 3.8) is 0 Å². The van der Waals surface area contributed by atoms with Crippen molar-refractivity contribution in [2.45, 2.75) is 18.9 Å². The molecular formula is C21H19N7O. The number of hydrogen-bond acceptors (Lipinski definition) is 6. The number of carbonyl (C=O) groups is 1. The number of benzene rings is 2. The molecule has 1 amide bonds. The zero-order valence-electron chi connectivity index (χ0n) is 15.5. The number of imidazole rings is 1. The number of anilines is 2. The van der Waals surface area contributed by atoms with Crippen molar-refractivity contribution in [1.29, 1.82) is 0 Å². The van der Waals surface area contributed by atoms with Gasteiger partial charge < -0.3 is 21.8 Å². The number of primary amides is 1. The molecule has 4 aromatic rings. The van der Waals surface area contributed by atoms with E-state index in [0.717, 1.165) is 27.7 Å². The van der Waals surface area contributed by atoms with Crippen LogP contribution in [0.2, 0.25) is 0 Å². The second-order valence-corrected chi connectivity index (χ2v) is 7.17. The maximum absolute atomic E-state index is 11.4. The van der Waals surface area contributed by atoms with Crippen molar-refractivity contribution in [3.8, 4) is 22.5 Å². The molecule has 144 valence electrons. The van der Waals surface area contributed by atoms with Crippen LogP contribution in [0.1, 0.15) is 23.2 Å². The Kier molecular flexibility index (Phi) is 3.90. The number of H-pyrrole nitrogens is 1. The topological polar surface area (TPSA) is 136 Å². The molecule has 2 aromatic heterocycles. The van der Waals surface area contributed by atoms with Crippen LogP contribution in [0, 0.1) is 0 Å². The standard InChI is InChI=1S/C21H19N7O/c22-16-8-11(4-7-15(16)19(23)29)14-2-1-3-17-18(14)28-20(27-17)12-9-24-21(25-10-12)26-13-5-6-13/h1-4,7-10,13H,5-6,22H2,(H2,23,29)(H,27,28)(H,24,25,26). The first-order chi connectivity index (χ1) is 14.1. The zero-order chi connectivity index (χ0) is 20.0. The number of nitrogens with two attached hydrogens (primary N) is 2. The summed E-state index contributed by atoms with van der Waals surface area (Å²) in [5, 5.41) is 3.27. The van der Waals surface area contributed by atoms with Gasteiger partial charge in [0.15, 0.2) is 0 Å². The lowest BCUT2D eigenvalue weighted by atomic mass is 10.0. The molecule has 0 aliphatic heterocycles. The first-order valence-electron chi connectivity index (χ1n) is 9.36. The Bertz CT molecular complexity index is 1230. The lowest BCUT2D eigenvalue weighted by molar-refractivity contribution is 0.100. The van der Waals surface area contributed by atoms with Crippen molar-refractivity contribution < 1.29 is 4.79 Å².